The van der Waals surface area contributed by atoms with Crippen LogP contribution in [0.4, 0.5) is 0 Å². The number of thiocarbonyl (C=S) groups is 1. The lowest BCUT2D eigenvalue weighted by atomic mass is 10.2. The van der Waals surface area contributed by atoms with Crippen molar-refractivity contribution in [2.45, 2.75) is 4.90 Å². The maximum absolute atomic E-state index is 8.49. The Morgan fingerprint density at radius 3 is 2.64 bits per heavy atom. The van der Waals surface area contributed by atoms with E-state index in [4.69, 9.17) is 17.4 Å². The third-order valence-electron chi connectivity index (χ3n) is 1.25. The molecule has 1 aromatic carbocycles. The summed E-state index contributed by atoms with van der Waals surface area (Å²) >= 11 is 8.95. The lowest BCUT2D eigenvalue weighted by molar-refractivity contribution is 0.237. The van der Waals surface area contributed by atoms with Crippen molar-refractivity contribution in [2.75, 3.05) is 0 Å². The summed E-state index contributed by atoms with van der Waals surface area (Å²) in [6, 6.07) is 7.28. The molecule has 0 aliphatic rings. The van der Waals surface area contributed by atoms with Gasteiger partial charge in [0.05, 0.1) is 0 Å². The van der Waals surface area contributed by atoms with Crippen LogP contribution in [-0.4, -0.2) is 10.2 Å². The summed E-state index contributed by atoms with van der Waals surface area (Å²) in [6.45, 7) is 0. The van der Waals surface area contributed by atoms with Gasteiger partial charge in [0.1, 0.15) is 4.99 Å². The summed E-state index contributed by atoms with van der Waals surface area (Å²) in [7, 11) is 0. The van der Waals surface area contributed by atoms with E-state index in [2.05, 4.69) is 12.6 Å². The molecule has 2 nitrogen and oxygen atoms in total. The van der Waals surface area contributed by atoms with E-state index in [1.807, 2.05) is 23.7 Å². The third-order valence-corrected chi connectivity index (χ3v) is 1.95. The first-order valence-corrected chi connectivity index (χ1v) is 3.83. The van der Waals surface area contributed by atoms with Gasteiger partial charge in [-0.05, 0) is 6.07 Å². The summed E-state index contributed by atoms with van der Waals surface area (Å²) < 4.78 is 0. The zero-order valence-corrected chi connectivity index (χ0v) is 7.32. The van der Waals surface area contributed by atoms with Gasteiger partial charge in [0.25, 0.3) is 0 Å². The smallest absolute Gasteiger partial charge is 0.131 e. The molecule has 0 radical (unpaired) electrons. The van der Waals surface area contributed by atoms with Crippen molar-refractivity contribution in [2.24, 2.45) is 0 Å². The average Bonchev–Trinajstić information content (AvgIpc) is 2.04. The fourth-order valence-corrected chi connectivity index (χ4v) is 1.25. The van der Waals surface area contributed by atoms with Crippen molar-refractivity contribution in [3.05, 3.63) is 29.8 Å². The highest BCUT2D eigenvalue weighted by molar-refractivity contribution is 7.81. The Hall–Kier alpha value is -0.580. The first kappa shape index (κ1) is 8.52. The second-order valence-electron chi connectivity index (χ2n) is 1.96. The highest BCUT2D eigenvalue weighted by atomic mass is 32.1. The molecule has 2 N–H and O–H groups in total. The largest absolute Gasteiger partial charge is 0.290 e. The predicted molar refractivity (Wildman–Crippen MR) is 50.3 cm³/mol. The highest BCUT2D eigenvalue weighted by Gasteiger charge is 2.01. The van der Waals surface area contributed by atoms with E-state index in [1.165, 1.54) is 0 Å². The zero-order chi connectivity index (χ0) is 8.27. The molecule has 0 aromatic heterocycles. The number of hydrogen-bond donors (Lipinski definition) is 3. The summed E-state index contributed by atoms with van der Waals surface area (Å²) in [5.41, 5.74) is 2.63. The summed E-state index contributed by atoms with van der Waals surface area (Å²) in [6.07, 6.45) is 0. The topological polar surface area (TPSA) is 32.3 Å². The average molecular weight is 185 g/mol. The minimum absolute atomic E-state index is 0.288. The standard InChI is InChI=1S/C7H7NOS2/c9-8-7(11)5-3-1-2-4-6(5)10/h1-4,9-10H,(H,8,11). The van der Waals surface area contributed by atoms with Gasteiger partial charge in [0.2, 0.25) is 0 Å². The van der Waals surface area contributed by atoms with Gasteiger partial charge in [-0.3, -0.25) is 10.7 Å². The van der Waals surface area contributed by atoms with Crippen LogP contribution in [0.2, 0.25) is 0 Å². The molecule has 0 amide bonds. The van der Waals surface area contributed by atoms with Gasteiger partial charge in [0, 0.05) is 10.5 Å². The molecule has 1 rings (SSSR count). The van der Waals surface area contributed by atoms with Gasteiger partial charge in [-0.2, -0.15) is 0 Å². The Kier molecular flexibility index (Phi) is 2.87. The number of rotatable bonds is 1. The fraction of sp³-hybridized carbons (Fsp3) is 0. The van der Waals surface area contributed by atoms with Crippen LogP contribution in [-0.2, 0) is 0 Å². The number of hydroxylamine groups is 1. The van der Waals surface area contributed by atoms with Crippen molar-refractivity contribution >= 4 is 29.8 Å². The molecule has 58 valence electrons. The van der Waals surface area contributed by atoms with E-state index in [0.29, 0.717) is 0 Å². The van der Waals surface area contributed by atoms with Crippen LogP contribution >= 0.6 is 24.8 Å². The number of hydrogen-bond acceptors (Lipinski definition) is 3. The highest BCUT2D eigenvalue weighted by Crippen LogP contribution is 2.12. The fourth-order valence-electron chi connectivity index (χ4n) is 0.726. The van der Waals surface area contributed by atoms with Gasteiger partial charge in [-0.25, -0.2) is 0 Å². The van der Waals surface area contributed by atoms with Gasteiger partial charge in [-0.1, -0.05) is 30.4 Å². The van der Waals surface area contributed by atoms with E-state index in [-0.39, 0.29) is 4.99 Å². The number of nitrogens with one attached hydrogen (secondary N) is 1. The molecule has 0 unspecified atom stereocenters. The second kappa shape index (κ2) is 3.71. The van der Waals surface area contributed by atoms with Crippen LogP contribution in [0.25, 0.3) is 0 Å². The monoisotopic (exact) mass is 185 g/mol. The first-order valence-electron chi connectivity index (χ1n) is 2.98. The number of benzene rings is 1. The van der Waals surface area contributed by atoms with E-state index >= 15 is 0 Å². The number of thiol groups is 1. The maximum Gasteiger partial charge on any atom is 0.131 e. The molecule has 1 aromatic rings. The minimum atomic E-state index is 0.288. The Balaban J connectivity index is 3.03. The molecule has 0 saturated carbocycles. The molecule has 0 spiro atoms. The quantitative estimate of drug-likeness (QED) is 0.353. The van der Waals surface area contributed by atoms with E-state index < -0.39 is 0 Å². The molecule has 4 heteroatoms. The Morgan fingerprint density at radius 1 is 1.45 bits per heavy atom. The van der Waals surface area contributed by atoms with E-state index in [1.54, 1.807) is 6.07 Å². The Morgan fingerprint density at radius 2 is 2.09 bits per heavy atom. The first-order chi connectivity index (χ1) is 5.25. The van der Waals surface area contributed by atoms with Crippen molar-refractivity contribution in [3.8, 4) is 0 Å². The molecule has 0 atom stereocenters. The SMILES string of the molecule is ONC(=S)c1ccccc1S. The molecular weight excluding hydrogens is 178 g/mol. The molecule has 11 heavy (non-hydrogen) atoms. The van der Waals surface area contributed by atoms with Crippen molar-refractivity contribution in [3.63, 3.8) is 0 Å². The molecule has 0 heterocycles. The van der Waals surface area contributed by atoms with Gasteiger partial charge >= 0.3 is 0 Å². The molecular formula is C7H7NOS2. The van der Waals surface area contributed by atoms with E-state index in [0.717, 1.165) is 10.5 Å². The lowest BCUT2D eigenvalue weighted by Crippen LogP contribution is -2.17. The summed E-state index contributed by atoms with van der Waals surface area (Å²) in [5, 5.41) is 8.49. The van der Waals surface area contributed by atoms with Crippen LogP contribution in [0, 0.1) is 0 Å². The molecule has 0 aliphatic heterocycles. The van der Waals surface area contributed by atoms with Gasteiger partial charge in [0.15, 0.2) is 0 Å². The molecule has 0 aliphatic carbocycles. The van der Waals surface area contributed by atoms with Gasteiger partial charge in [-0.15, -0.1) is 12.6 Å². The zero-order valence-electron chi connectivity index (χ0n) is 5.61. The Bertz CT molecular complexity index is 275. The summed E-state index contributed by atoms with van der Waals surface area (Å²) in [4.78, 5) is 1.04. The Labute approximate surface area is 75.6 Å². The molecule has 0 fully saturated rings. The third kappa shape index (κ3) is 1.92. The lowest BCUT2D eigenvalue weighted by Gasteiger charge is -2.03. The van der Waals surface area contributed by atoms with Crippen LogP contribution < -0.4 is 5.48 Å². The minimum Gasteiger partial charge on any atom is -0.290 e. The van der Waals surface area contributed by atoms with E-state index in [9.17, 15) is 0 Å². The van der Waals surface area contributed by atoms with Crippen LogP contribution in [0.3, 0.4) is 0 Å². The van der Waals surface area contributed by atoms with Crippen molar-refractivity contribution < 1.29 is 5.21 Å². The molecule has 0 saturated heterocycles. The summed E-state index contributed by atoms with van der Waals surface area (Å²) in [5.74, 6) is 0. The predicted octanol–water partition coefficient (Wildman–Crippen LogP) is 1.63. The molecule has 0 bridgehead atoms. The normalized spacial score (nSPS) is 9.27. The van der Waals surface area contributed by atoms with Gasteiger partial charge < -0.3 is 0 Å². The van der Waals surface area contributed by atoms with Crippen LogP contribution in [0.5, 0.6) is 0 Å². The maximum atomic E-state index is 8.49. The van der Waals surface area contributed by atoms with Crippen LogP contribution in [0.15, 0.2) is 29.2 Å². The van der Waals surface area contributed by atoms with Crippen molar-refractivity contribution in [1.82, 2.24) is 5.48 Å². The van der Waals surface area contributed by atoms with Crippen LogP contribution in [0.1, 0.15) is 5.56 Å². The second-order valence-corrected chi connectivity index (χ2v) is 2.85. The van der Waals surface area contributed by atoms with Crippen molar-refractivity contribution in [1.29, 1.82) is 0 Å².